The summed E-state index contributed by atoms with van der Waals surface area (Å²) in [5, 5.41) is 19.7. The molecule has 1 aromatic carbocycles. The minimum absolute atomic E-state index is 0.0274. The molecule has 0 saturated carbocycles. The highest BCUT2D eigenvalue weighted by atomic mass is 16.7. The monoisotopic (exact) mass is 511 g/mol. The number of aromatic nitrogens is 1. The quantitative estimate of drug-likeness (QED) is 0.422. The van der Waals surface area contributed by atoms with Crippen molar-refractivity contribution in [1.82, 2.24) is 14.8 Å². The molecule has 9 nitrogen and oxygen atoms in total. The third kappa shape index (κ3) is 6.59. The lowest BCUT2D eigenvalue weighted by molar-refractivity contribution is -0.143. The van der Waals surface area contributed by atoms with Gasteiger partial charge in [0, 0.05) is 50.1 Å². The van der Waals surface area contributed by atoms with Crippen LogP contribution >= 0.6 is 0 Å². The van der Waals surface area contributed by atoms with Crippen molar-refractivity contribution in [3.63, 3.8) is 0 Å². The van der Waals surface area contributed by atoms with Gasteiger partial charge in [0.1, 0.15) is 0 Å². The number of rotatable bonds is 13. The van der Waals surface area contributed by atoms with Crippen molar-refractivity contribution in [2.24, 2.45) is 5.92 Å². The van der Waals surface area contributed by atoms with E-state index in [1.54, 1.807) is 11.1 Å². The van der Waals surface area contributed by atoms with Crippen LogP contribution in [-0.2, 0) is 16.0 Å². The Labute approximate surface area is 218 Å². The number of amides is 1. The van der Waals surface area contributed by atoms with Gasteiger partial charge in [0.2, 0.25) is 12.7 Å². The number of ether oxygens (including phenoxy) is 2. The minimum Gasteiger partial charge on any atom is -0.481 e. The van der Waals surface area contributed by atoms with Gasteiger partial charge in [0.25, 0.3) is 0 Å². The third-order valence-electron chi connectivity index (χ3n) is 7.34. The maximum Gasteiger partial charge on any atom is 0.308 e. The van der Waals surface area contributed by atoms with E-state index in [2.05, 4.69) is 11.9 Å². The van der Waals surface area contributed by atoms with Gasteiger partial charge in [0.05, 0.1) is 12.5 Å². The highest BCUT2D eigenvalue weighted by molar-refractivity contribution is 5.79. The number of benzene rings is 1. The first-order chi connectivity index (χ1) is 18.0. The molecule has 1 amide bonds. The van der Waals surface area contributed by atoms with Crippen LogP contribution in [-0.4, -0.2) is 82.5 Å². The maximum atomic E-state index is 13.4. The van der Waals surface area contributed by atoms with E-state index in [0.29, 0.717) is 50.4 Å². The molecule has 3 heterocycles. The molecular weight excluding hydrogens is 474 g/mol. The van der Waals surface area contributed by atoms with Crippen LogP contribution < -0.4 is 9.47 Å². The van der Waals surface area contributed by atoms with E-state index in [1.165, 1.54) is 0 Å². The van der Waals surface area contributed by atoms with Crippen LogP contribution in [0.25, 0.3) is 0 Å². The first kappa shape index (κ1) is 26.9. The molecule has 4 rings (SSSR count). The predicted molar refractivity (Wildman–Crippen MR) is 138 cm³/mol. The number of carbonyl (C=O) groups is 2. The highest BCUT2D eigenvalue weighted by Gasteiger charge is 2.47. The molecule has 2 aliphatic rings. The molecule has 0 radical (unpaired) electrons. The number of hydrogen-bond donors (Lipinski definition) is 2. The molecule has 9 heteroatoms. The van der Waals surface area contributed by atoms with Crippen LogP contribution in [0.15, 0.2) is 42.6 Å². The molecule has 1 aromatic heterocycles. The van der Waals surface area contributed by atoms with Crippen molar-refractivity contribution >= 4 is 11.9 Å². The fourth-order valence-corrected chi connectivity index (χ4v) is 5.42. The molecule has 1 saturated heterocycles. The molecular formula is C28H37N3O6. The SMILES string of the molecule is CCCCN(CCCO)C(=O)CN1C[C@H](c2ccc3c(c2)OCO3)[C@H](C(=O)O)[C@H]1CCc1ccccn1. The fourth-order valence-electron chi connectivity index (χ4n) is 5.42. The second-order valence-electron chi connectivity index (χ2n) is 9.75. The smallest absolute Gasteiger partial charge is 0.308 e. The molecule has 2 N–H and O–H groups in total. The number of pyridine rings is 1. The van der Waals surface area contributed by atoms with Gasteiger partial charge in [-0.2, -0.15) is 0 Å². The Morgan fingerprint density at radius 1 is 1.14 bits per heavy atom. The summed E-state index contributed by atoms with van der Waals surface area (Å²) in [5.74, 6) is -0.598. The van der Waals surface area contributed by atoms with Crippen molar-refractivity contribution in [1.29, 1.82) is 0 Å². The van der Waals surface area contributed by atoms with Crippen LogP contribution in [0.3, 0.4) is 0 Å². The number of aryl methyl sites for hydroxylation is 1. The zero-order valence-electron chi connectivity index (χ0n) is 21.4. The summed E-state index contributed by atoms with van der Waals surface area (Å²) in [5.41, 5.74) is 1.77. The number of carboxylic acid groups (broad SMARTS) is 1. The van der Waals surface area contributed by atoms with Crippen LogP contribution in [0.1, 0.15) is 49.8 Å². The first-order valence-corrected chi connectivity index (χ1v) is 13.2. The zero-order valence-corrected chi connectivity index (χ0v) is 21.4. The maximum absolute atomic E-state index is 13.4. The Morgan fingerprint density at radius 2 is 1.95 bits per heavy atom. The lowest BCUT2D eigenvalue weighted by Crippen LogP contribution is -2.45. The Balaban J connectivity index is 1.59. The number of unbranched alkanes of at least 4 members (excludes halogenated alkanes) is 1. The fraction of sp³-hybridized carbons (Fsp3) is 0.536. The van der Waals surface area contributed by atoms with Gasteiger partial charge in [-0.1, -0.05) is 25.5 Å². The molecule has 2 aromatic rings. The lowest BCUT2D eigenvalue weighted by Gasteiger charge is -2.29. The van der Waals surface area contributed by atoms with E-state index in [4.69, 9.17) is 9.47 Å². The molecule has 0 unspecified atom stereocenters. The van der Waals surface area contributed by atoms with Crippen molar-refractivity contribution in [2.45, 2.75) is 51.0 Å². The summed E-state index contributed by atoms with van der Waals surface area (Å²) < 4.78 is 11.0. The highest BCUT2D eigenvalue weighted by Crippen LogP contribution is 2.43. The van der Waals surface area contributed by atoms with E-state index in [9.17, 15) is 19.8 Å². The van der Waals surface area contributed by atoms with Crippen molar-refractivity contribution < 1.29 is 29.3 Å². The predicted octanol–water partition coefficient (Wildman–Crippen LogP) is 2.92. The summed E-state index contributed by atoms with van der Waals surface area (Å²) >= 11 is 0. The number of hydrogen-bond acceptors (Lipinski definition) is 7. The van der Waals surface area contributed by atoms with E-state index in [-0.39, 0.29) is 37.8 Å². The minimum atomic E-state index is -0.869. The molecule has 0 bridgehead atoms. The molecule has 0 spiro atoms. The summed E-state index contributed by atoms with van der Waals surface area (Å²) in [6.45, 7) is 3.99. The average molecular weight is 512 g/mol. The molecule has 1 fully saturated rings. The number of fused-ring (bicyclic) bond motifs is 1. The number of aliphatic carboxylic acids is 1. The Kier molecular flexibility index (Phi) is 9.35. The molecule has 2 aliphatic heterocycles. The lowest BCUT2D eigenvalue weighted by atomic mass is 9.83. The van der Waals surface area contributed by atoms with Gasteiger partial charge in [0.15, 0.2) is 11.5 Å². The molecule has 200 valence electrons. The number of carbonyl (C=O) groups excluding carboxylic acids is 1. The van der Waals surface area contributed by atoms with Gasteiger partial charge in [-0.25, -0.2) is 0 Å². The van der Waals surface area contributed by atoms with Gasteiger partial charge >= 0.3 is 5.97 Å². The van der Waals surface area contributed by atoms with Gasteiger partial charge in [-0.3, -0.25) is 19.5 Å². The van der Waals surface area contributed by atoms with Crippen molar-refractivity contribution in [3.8, 4) is 11.5 Å². The second kappa shape index (κ2) is 12.9. The summed E-state index contributed by atoms with van der Waals surface area (Å²) in [4.78, 5) is 34.3. The van der Waals surface area contributed by atoms with Crippen molar-refractivity contribution in [2.75, 3.05) is 39.6 Å². The number of carboxylic acids is 1. The van der Waals surface area contributed by atoms with Crippen molar-refractivity contribution in [3.05, 3.63) is 53.9 Å². The zero-order chi connectivity index (χ0) is 26.2. The standard InChI is InChI=1S/C28H37N3O6/c1-2-3-13-30(14-6-15-32)26(33)18-31-17-22(20-8-11-24-25(16-20)37-19-36-24)27(28(34)35)23(31)10-9-21-7-4-5-12-29-21/h4-5,7-8,11-12,16,22-23,27,32H,2-3,6,9-10,13-15,17-19H2,1H3,(H,34,35)/t22-,23-,27+/m1/s1. The second-order valence-corrected chi connectivity index (χ2v) is 9.75. The summed E-state index contributed by atoms with van der Waals surface area (Å²) in [6.07, 6.45) is 5.31. The normalized spacial score (nSPS) is 20.8. The third-order valence-corrected chi connectivity index (χ3v) is 7.34. The molecule has 3 atom stereocenters. The number of aliphatic hydroxyl groups excluding tert-OH is 1. The number of likely N-dealkylation sites (tertiary alicyclic amines) is 1. The topological polar surface area (TPSA) is 112 Å². The van der Waals surface area contributed by atoms with Crippen LogP contribution in [0.5, 0.6) is 11.5 Å². The van der Waals surface area contributed by atoms with Gasteiger partial charge < -0.3 is 24.6 Å². The van der Waals surface area contributed by atoms with E-state index < -0.39 is 11.9 Å². The Morgan fingerprint density at radius 3 is 2.68 bits per heavy atom. The number of nitrogens with zero attached hydrogens (tertiary/aromatic N) is 3. The van der Waals surface area contributed by atoms with Crippen LogP contribution in [0.2, 0.25) is 0 Å². The van der Waals surface area contributed by atoms with E-state index >= 15 is 0 Å². The van der Waals surface area contributed by atoms with Gasteiger partial charge in [-0.15, -0.1) is 0 Å². The first-order valence-electron chi connectivity index (χ1n) is 13.2. The van der Waals surface area contributed by atoms with E-state index in [0.717, 1.165) is 24.1 Å². The molecule has 37 heavy (non-hydrogen) atoms. The van der Waals surface area contributed by atoms with Crippen LogP contribution in [0.4, 0.5) is 0 Å². The molecule has 0 aliphatic carbocycles. The van der Waals surface area contributed by atoms with Crippen LogP contribution in [0, 0.1) is 5.92 Å². The number of aliphatic hydroxyl groups is 1. The average Bonchev–Trinajstić information content (AvgIpc) is 3.52. The summed E-state index contributed by atoms with van der Waals surface area (Å²) in [6, 6.07) is 11.0. The van der Waals surface area contributed by atoms with E-state index in [1.807, 2.05) is 41.3 Å². The Hall–Kier alpha value is -3.17. The summed E-state index contributed by atoms with van der Waals surface area (Å²) in [7, 11) is 0. The van der Waals surface area contributed by atoms with Gasteiger partial charge in [-0.05, 0) is 55.5 Å². The Bertz CT molecular complexity index is 1040. The largest absolute Gasteiger partial charge is 0.481 e.